The van der Waals surface area contributed by atoms with E-state index in [1.807, 2.05) is 24.3 Å². The average Bonchev–Trinajstić information content (AvgIpc) is 2.46. The van der Waals surface area contributed by atoms with E-state index in [0.29, 0.717) is 12.2 Å². The molecule has 0 aromatic heterocycles. The molecule has 0 radical (unpaired) electrons. The molecule has 110 valence electrons. The number of ether oxygens (including phenoxy) is 2. The number of fused-ring (bicyclic) bond motifs is 1. The molecule has 0 bridgehead atoms. The van der Waals surface area contributed by atoms with Crippen LogP contribution in [0.1, 0.15) is 29.7 Å². The zero-order valence-electron chi connectivity index (χ0n) is 11.5. The summed E-state index contributed by atoms with van der Waals surface area (Å²) < 4.78 is 12.0. The van der Waals surface area contributed by atoms with Gasteiger partial charge in [0.25, 0.3) is 0 Å². The minimum Gasteiger partial charge on any atom is -0.504 e. The highest BCUT2D eigenvalue weighted by Crippen LogP contribution is 2.42. The Bertz CT molecular complexity index is 675. The molecular weight excluding hydrogens is 334 g/mol. The Hall–Kier alpha value is -1.72. The normalized spacial score (nSPS) is 20.5. The Morgan fingerprint density at radius 3 is 2.81 bits per heavy atom. The van der Waals surface area contributed by atoms with Crippen LogP contribution in [0.15, 0.2) is 40.9 Å². The standard InChI is InChI=1S/C16H16BrNO3/c1-20-14-5-2-9(6-13(14)19)15-8-12(18)11-4-3-10(17)7-16(11)21-15/h2-7,12,15,19H,8,18H2,1H3. The van der Waals surface area contributed by atoms with Gasteiger partial charge in [-0.05, 0) is 29.8 Å². The molecule has 1 aliphatic heterocycles. The molecule has 0 saturated heterocycles. The van der Waals surface area contributed by atoms with Gasteiger partial charge >= 0.3 is 0 Å². The number of hydrogen-bond acceptors (Lipinski definition) is 4. The lowest BCUT2D eigenvalue weighted by atomic mass is 9.93. The lowest BCUT2D eigenvalue weighted by Gasteiger charge is -2.30. The van der Waals surface area contributed by atoms with E-state index < -0.39 is 0 Å². The van der Waals surface area contributed by atoms with Crippen LogP contribution >= 0.6 is 15.9 Å². The highest BCUT2D eigenvalue weighted by Gasteiger charge is 2.27. The van der Waals surface area contributed by atoms with Crippen LogP contribution in [0.3, 0.4) is 0 Å². The summed E-state index contributed by atoms with van der Waals surface area (Å²) in [6.45, 7) is 0. The van der Waals surface area contributed by atoms with Crippen molar-refractivity contribution in [1.29, 1.82) is 0 Å². The molecular formula is C16H16BrNO3. The molecule has 2 atom stereocenters. The topological polar surface area (TPSA) is 64.7 Å². The molecule has 0 saturated carbocycles. The Morgan fingerprint density at radius 2 is 2.10 bits per heavy atom. The first-order chi connectivity index (χ1) is 10.1. The molecule has 0 fully saturated rings. The third-order valence-electron chi connectivity index (χ3n) is 3.69. The third kappa shape index (κ3) is 2.71. The number of phenolic OH excluding ortho intramolecular Hbond substituents is 1. The van der Waals surface area contributed by atoms with E-state index in [-0.39, 0.29) is 17.9 Å². The number of rotatable bonds is 2. The molecule has 1 heterocycles. The van der Waals surface area contributed by atoms with Gasteiger partial charge in [-0.25, -0.2) is 0 Å². The number of phenols is 1. The molecule has 21 heavy (non-hydrogen) atoms. The van der Waals surface area contributed by atoms with Crippen LogP contribution < -0.4 is 15.2 Å². The van der Waals surface area contributed by atoms with Gasteiger partial charge in [-0.1, -0.05) is 28.1 Å². The van der Waals surface area contributed by atoms with E-state index in [2.05, 4.69) is 15.9 Å². The van der Waals surface area contributed by atoms with Gasteiger partial charge in [-0.3, -0.25) is 0 Å². The smallest absolute Gasteiger partial charge is 0.160 e. The maximum Gasteiger partial charge on any atom is 0.160 e. The molecule has 2 aromatic rings. The maximum atomic E-state index is 9.91. The summed E-state index contributed by atoms with van der Waals surface area (Å²) >= 11 is 3.44. The third-order valence-corrected chi connectivity index (χ3v) is 4.18. The second kappa shape index (κ2) is 5.58. The Balaban J connectivity index is 1.93. The van der Waals surface area contributed by atoms with E-state index >= 15 is 0 Å². The number of halogens is 1. The van der Waals surface area contributed by atoms with Crippen molar-refractivity contribution in [2.24, 2.45) is 5.73 Å². The Morgan fingerprint density at radius 1 is 1.29 bits per heavy atom. The fraction of sp³-hybridized carbons (Fsp3) is 0.250. The van der Waals surface area contributed by atoms with Crippen molar-refractivity contribution in [1.82, 2.24) is 0 Å². The van der Waals surface area contributed by atoms with Gasteiger partial charge in [0.1, 0.15) is 11.9 Å². The Kier molecular flexibility index (Phi) is 3.78. The average molecular weight is 350 g/mol. The molecule has 5 heteroatoms. The number of nitrogens with two attached hydrogens (primary N) is 1. The molecule has 1 aliphatic rings. The van der Waals surface area contributed by atoms with Crippen LogP contribution in [0, 0.1) is 0 Å². The van der Waals surface area contributed by atoms with Crippen LogP contribution in [-0.4, -0.2) is 12.2 Å². The van der Waals surface area contributed by atoms with Gasteiger partial charge in [0.15, 0.2) is 11.5 Å². The van der Waals surface area contributed by atoms with Crippen molar-refractivity contribution in [3.8, 4) is 17.2 Å². The predicted molar refractivity (Wildman–Crippen MR) is 83.7 cm³/mol. The van der Waals surface area contributed by atoms with Gasteiger partial charge in [0.2, 0.25) is 0 Å². The Labute approximate surface area is 131 Å². The molecule has 0 amide bonds. The molecule has 2 aromatic carbocycles. The van der Waals surface area contributed by atoms with Gasteiger partial charge in [0, 0.05) is 22.5 Å². The van der Waals surface area contributed by atoms with Gasteiger partial charge in [-0.2, -0.15) is 0 Å². The van der Waals surface area contributed by atoms with Crippen molar-refractivity contribution in [2.45, 2.75) is 18.6 Å². The van der Waals surface area contributed by atoms with E-state index in [1.54, 1.807) is 12.1 Å². The molecule has 4 nitrogen and oxygen atoms in total. The van der Waals surface area contributed by atoms with Crippen LogP contribution in [0.2, 0.25) is 0 Å². The first-order valence-electron chi connectivity index (χ1n) is 6.67. The lowest BCUT2D eigenvalue weighted by Crippen LogP contribution is -2.24. The number of methoxy groups -OCH3 is 1. The predicted octanol–water partition coefficient (Wildman–Crippen LogP) is 3.69. The van der Waals surface area contributed by atoms with Crippen LogP contribution in [0.25, 0.3) is 0 Å². The SMILES string of the molecule is COc1ccc(C2CC(N)c3ccc(Br)cc3O2)cc1O. The summed E-state index contributed by atoms with van der Waals surface area (Å²) in [7, 11) is 1.52. The summed E-state index contributed by atoms with van der Waals surface area (Å²) in [6, 6.07) is 11.1. The van der Waals surface area contributed by atoms with Crippen LogP contribution in [-0.2, 0) is 0 Å². The van der Waals surface area contributed by atoms with E-state index in [4.69, 9.17) is 15.2 Å². The first-order valence-corrected chi connectivity index (χ1v) is 7.46. The monoisotopic (exact) mass is 349 g/mol. The minimum atomic E-state index is -0.182. The van der Waals surface area contributed by atoms with Crippen molar-refractivity contribution in [3.63, 3.8) is 0 Å². The van der Waals surface area contributed by atoms with Gasteiger partial charge < -0.3 is 20.3 Å². The van der Waals surface area contributed by atoms with Crippen molar-refractivity contribution >= 4 is 15.9 Å². The number of benzene rings is 2. The lowest BCUT2D eigenvalue weighted by molar-refractivity contribution is 0.161. The van der Waals surface area contributed by atoms with Crippen LogP contribution in [0.5, 0.6) is 17.2 Å². The molecule has 0 aliphatic carbocycles. The first kappa shape index (κ1) is 14.2. The van der Waals surface area contributed by atoms with Crippen molar-refractivity contribution in [3.05, 3.63) is 52.0 Å². The maximum absolute atomic E-state index is 9.91. The van der Waals surface area contributed by atoms with E-state index in [9.17, 15) is 5.11 Å². The summed E-state index contributed by atoms with van der Waals surface area (Å²) in [4.78, 5) is 0. The molecule has 3 N–H and O–H groups in total. The van der Waals surface area contributed by atoms with Gasteiger partial charge in [0.05, 0.1) is 7.11 Å². The summed E-state index contributed by atoms with van der Waals surface area (Å²) in [5.41, 5.74) is 8.13. The molecule has 0 spiro atoms. The van der Waals surface area contributed by atoms with E-state index in [0.717, 1.165) is 21.3 Å². The largest absolute Gasteiger partial charge is 0.504 e. The highest BCUT2D eigenvalue weighted by molar-refractivity contribution is 9.10. The van der Waals surface area contributed by atoms with Gasteiger partial charge in [-0.15, -0.1) is 0 Å². The zero-order valence-corrected chi connectivity index (χ0v) is 13.1. The van der Waals surface area contributed by atoms with Crippen molar-refractivity contribution in [2.75, 3.05) is 7.11 Å². The minimum absolute atomic E-state index is 0.0869. The fourth-order valence-electron chi connectivity index (χ4n) is 2.59. The van der Waals surface area contributed by atoms with Crippen molar-refractivity contribution < 1.29 is 14.6 Å². The highest BCUT2D eigenvalue weighted by atomic mass is 79.9. The summed E-state index contributed by atoms with van der Waals surface area (Å²) in [5, 5.41) is 9.91. The summed E-state index contributed by atoms with van der Waals surface area (Å²) in [5.74, 6) is 1.33. The molecule has 2 unspecified atom stereocenters. The van der Waals surface area contributed by atoms with E-state index in [1.165, 1.54) is 7.11 Å². The fourth-order valence-corrected chi connectivity index (χ4v) is 2.93. The zero-order chi connectivity index (χ0) is 15.0. The molecule has 3 rings (SSSR count). The number of hydrogen-bond donors (Lipinski definition) is 2. The summed E-state index contributed by atoms with van der Waals surface area (Å²) in [6.07, 6.45) is 0.485. The quantitative estimate of drug-likeness (QED) is 0.867. The van der Waals surface area contributed by atoms with Crippen LogP contribution in [0.4, 0.5) is 0 Å². The second-order valence-electron chi connectivity index (χ2n) is 5.06. The second-order valence-corrected chi connectivity index (χ2v) is 5.98. The number of aromatic hydroxyl groups is 1.